The van der Waals surface area contributed by atoms with Gasteiger partial charge in [0.05, 0.1) is 0 Å². The molecule has 0 aliphatic heterocycles. The smallest absolute Gasteiger partial charge is 0.314 e. The zero-order valence-corrected chi connectivity index (χ0v) is 11.0. The third-order valence-corrected chi connectivity index (χ3v) is 3.82. The van der Waals surface area contributed by atoms with Gasteiger partial charge < -0.3 is 15.7 Å². The molecule has 0 aromatic heterocycles. The quantitative estimate of drug-likeness (QED) is 0.590. The molecular weight excluding hydrogens is 228 g/mol. The number of nitrogens with one attached hydrogen (secondary N) is 2. The van der Waals surface area contributed by atoms with Crippen LogP contribution in [0.1, 0.15) is 27.2 Å². The summed E-state index contributed by atoms with van der Waals surface area (Å²) in [5.41, 5.74) is 0. The minimum absolute atomic E-state index is 0.0638. The van der Waals surface area contributed by atoms with E-state index in [1.165, 1.54) is 0 Å². The molecule has 0 spiro atoms. The molecule has 6 heteroatoms. The van der Waals surface area contributed by atoms with E-state index in [0.717, 1.165) is 0 Å². The summed E-state index contributed by atoms with van der Waals surface area (Å²) in [6.07, 6.45) is 0.543. The van der Waals surface area contributed by atoms with Gasteiger partial charge in [-0.05, 0) is 27.2 Å². The van der Waals surface area contributed by atoms with Crippen molar-refractivity contribution in [1.29, 1.82) is 0 Å². The van der Waals surface area contributed by atoms with Gasteiger partial charge in [-0.1, -0.05) is 0 Å². The van der Waals surface area contributed by atoms with Crippen LogP contribution >= 0.6 is 0 Å². The van der Waals surface area contributed by atoms with E-state index < -0.39 is 10.8 Å². The van der Waals surface area contributed by atoms with Gasteiger partial charge in [-0.15, -0.1) is 0 Å². The Labute approximate surface area is 99.5 Å². The van der Waals surface area contributed by atoms with E-state index in [4.69, 9.17) is 5.11 Å². The molecule has 0 bridgehead atoms. The molecule has 0 aromatic rings. The van der Waals surface area contributed by atoms with Crippen LogP contribution in [0.4, 0.5) is 4.79 Å². The van der Waals surface area contributed by atoms with Gasteiger partial charge in [-0.25, -0.2) is 4.79 Å². The highest BCUT2D eigenvalue weighted by atomic mass is 32.2. The number of amides is 2. The van der Waals surface area contributed by atoms with Crippen molar-refractivity contribution in [3.05, 3.63) is 0 Å². The summed E-state index contributed by atoms with van der Waals surface area (Å²) in [4.78, 5) is 11.1. The zero-order chi connectivity index (χ0) is 12.6. The van der Waals surface area contributed by atoms with Crippen LogP contribution in [0, 0.1) is 0 Å². The molecule has 96 valence electrons. The van der Waals surface area contributed by atoms with E-state index in [0.29, 0.717) is 25.3 Å². The monoisotopic (exact) mass is 250 g/mol. The van der Waals surface area contributed by atoms with Crippen molar-refractivity contribution < 1.29 is 14.1 Å². The molecule has 2 amide bonds. The number of carbonyl (C=O) groups excluding carboxylic acids is 1. The first kappa shape index (κ1) is 15.4. The Balaban J connectivity index is 3.59. The van der Waals surface area contributed by atoms with Crippen molar-refractivity contribution in [1.82, 2.24) is 10.6 Å². The second kappa shape index (κ2) is 7.62. The summed E-state index contributed by atoms with van der Waals surface area (Å²) in [5.74, 6) is 0.455. The van der Waals surface area contributed by atoms with Crippen LogP contribution in [0.25, 0.3) is 0 Å². The highest BCUT2D eigenvalue weighted by molar-refractivity contribution is 7.86. The molecule has 1 unspecified atom stereocenters. The molecule has 0 fully saturated rings. The molecule has 0 aliphatic carbocycles. The van der Waals surface area contributed by atoms with Gasteiger partial charge in [0.2, 0.25) is 0 Å². The number of aliphatic hydroxyl groups excluding tert-OH is 1. The van der Waals surface area contributed by atoms with Gasteiger partial charge in [0.1, 0.15) is 0 Å². The Hall–Kier alpha value is -0.620. The molecule has 16 heavy (non-hydrogen) atoms. The van der Waals surface area contributed by atoms with Gasteiger partial charge in [0.25, 0.3) is 0 Å². The van der Waals surface area contributed by atoms with Crippen molar-refractivity contribution in [2.24, 2.45) is 0 Å². The Kier molecular flexibility index (Phi) is 7.33. The van der Waals surface area contributed by atoms with Gasteiger partial charge in [0, 0.05) is 41.0 Å². The molecule has 5 nitrogen and oxygen atoms in total. The van der Waals surface area contributed by atoms with E-state index >= 15 is 0 Å². The van der Waals surface area contributed by atoms with Crippen molar-refractivity contribution in [3.63, 3.8) is 0 Å². The molecule has 0 aromatic carbocycles. The lowest BCUT2D eigenvalue weighted by atomic mass is 10.3. The molecule has 0 rings (SSSR count). The largest absolute Gasteiger partial charge is 0.396 e. The number of hydrogen-bond donors (Lipinski definition) is 3. The van der Waals surface area contributed by atoms with E-state index in [1.54, 1.807) is 0 Å². The Bertz CT molecular complexity index is 239. The van der Waals surface area contributed by atoms with E-state index in [1.807, 2.05) is 20.8 Å². The average Bonchev–Trinajstić information content (AvgIpc) is 2.16. The second-order valence-electron chi connectivity index (χ2n) is 4.42. The van der Waals surface area contributed by atoms with Crippen LogP contribution in [-0.4, -0.2) is 45.5 Å². The first-order valence-corrected chi connectivity index (χ1v) is 6.71. The van der Waals surface area contributed by atoms with Gasteiger partial charge in [0.15, 0.2) is 0 Å². The van der Waals surface area contributed by atoms with Crippen LogP contribution in [0.15, 0.2) is 0 Å². The topological polar surface area (TPSA) is 78.4 Å². The van der Waals surface area contributed by atoms with Gasteiger partial charge >= 0.3 is 6.03 Å². The van der Waals surface area contributed by atoms with Crippen LogP contribution in [0.2, 0.25) is 0 Å². The Morgan fingerprint density at radius 3 is 2.31 bits per heavy atom. The lowest BCUT2D eigenvalue weighted by Crippen LogP contribution is -2.39. The van der Waals surface area contributed by atoms with Gasteiger partial charge in [-0.2, -0.15) is 0 Å². The van der Waals surface area contributed by atoms with E-state index in [9.17, 15) is 9.00 Å². The highest BCUT2D eigenvalue weighted by Crippen LogP contribution is 2.10. The van der Waals surface area contributed by atoms with E-state index in [-0.39, 0.29) is 17.4 Å². The third kappa shape index (κ3) is 7.64. The van der Waals surface area contributed by atoms with Crippen molar-refractivity contribution in [2.45, 2.75) is 31.9 Å². The predicted molar refractivity (Wildman–Crippen MR) is 65.9 cm³/mol. The van der Waals surface area contributed by atoms with Gasteiger partial charge in [-0.3, -0.25) is 4.21 Å². The molecule has 3 N–H and O–H groups in total. The number of carbonyl (C=O) groups is 1. The minimum atomic E-state index is -0.944. The van der Waals surface area contributed by atoms with Crippen molar-refractivity contribution in [2.75, 3.05) is 25.4 Å². The fourth-order valence-electron chi connectivity index (χ4n) is 0.907. The lowest BCUT2D eigenvalue weighted by molar-refractivity contribution is 0.238. The standard InChI is InChI=1S/C10H22N2O3S/c1-10(2,3)16(15)8-6-12-9(14)11-5-4-7-13/h13H,4-8H2,1-3H3,(H2,11,12,14). The molecule has 0 saturated carbocycles. The Morgan fingerprint density at radius 1 is 1.25 bits per heavy atom. The number of rotatable bonds is 6. The highest BCUT2D eigenvalue weighted by Gasteiger charge is 2.18. The average molecular weight is 250 g/mol. The van der Waals surface area contributed by atoms with Crippen LogP contribution in [0.5, 0.6) is 0 Å². The third-order valence-electron chi connectivity index (χ3n) is 1.88. The SMILES string of the molecule is CC(C)(C)S(=O)CCNC(=O)NCCCO. The van der Waals surface area contributed by atoms with Crippen molar-refractivity contribution >= 4 is 16.8 Å². The molecular formula is C10H22N2O3S. The lowest BCUT2D eigenvalue weighted by Gasteiger charge is -2.17. The fourth-order valence-corrected chi connectivity index (χ4v) is 1.81. The maximum atomic E-state index is 11.6. The first-order valence-electron chi connectivity index (χ1n) is 5.39. The molecule has 0 saturated heterocycles. The summed E-state index contributed by atoms with van der Waals surface area (Å²) in [6, 6.07) is -0.278. The minimum Gasteiger partial charge on any atom is -0.396 e. The Morgan fingerprint density at radius 2 is 1.81 bits per heavy atom. The normalized spacial score (nSPS) is 13.2. The maximum Gasteiger partial charge on any atom is 0.314 e. The summed E-state index contributed by atoms with van der Waals surface area (Å²) < 4.78 is 11.4. The summed E-state index contributed by atoms with van der Waals surface area (Å²) in [7, 11) is -0.944. The second-order valence-corrected chi connectivity index (χ2v) is 6.75. The summed E-state index contributed by atoms with van der Waals surface area (Å²) in [5, 5.41) is 13.7. The fraction of sp³-hybridized carbons (Fsp3) is 0.900. The molecule has 0 heterocycles. The molecule has 0 aliphatic rings. The van der Waals surface area contributed by atoms with E-state index in [2.05, 4.69) is 10.6 Å². The maximum absolute atomic E-state index is 11.6. The molecule has 1 atom stereocenters. The summed E-state index contributed by atoms with van der Waals surface area (Å²) in [6.45, 7) is 6.63. The number of urea groups is 1. The van der Waals surface area contributed by atoms with Crippen LogP contribution < -0.4 is 10.6 Å². The number of hydrogen-bond acceptors (Lipinski definition) is 3. The summed E-state index contributed by atoms with van der Waals surface area (Å²) >= 11 is 0. The number of aliphatic hydroxyl groups is 1. The molecule has 0 radical (unpaired) electrons. The first-order chi connectivity index (χ1) is 7.38. The zero-order valence-electron chi connectivity index (χ0n) is 10.2. The van der Waals surface area contributed by atoms with Crippen molar-refractivity contribution in [3.8, 4) is 0 Å². The van der Waals surface area contributed by atoms with Crippen LogP contribution in [-0.2, 0) is 10.8 Å². The van der Waals surface area contributed by atoms with Crippen LogP contribution in [0.3, 0.4) is 0 Å². The predicted octanol–water partition coefficient (Wildman–Crippen LogP) is 0.215.